The van der Waals surface area contributed by atoms with E-state index in [1.165, 1.54) is 22.8 Å². The molecule has 1 saturated heterocycles. The topological polar surface area (TPSA) is 88.5 Å². The standard InChI is InChI=1S/C29H17BrCl2F3N3O4S2/c30-15-6-4-13(5-7-15)21-22-23(26(41)38(25(22)40)17-3-1-2-14(10-17)29(33,34)35)43-27-24(21)44-28(42)37(27)12-20(39)36-16-8-9-18(31)19(32)11-16/h1-11,21-23H,12H2,(H,36,39). The summed E-state index contributed by atoms with van der Waals surface area (Å²) in [6, 6.07) is 15.6. The summed E-state index contributed by atoms with van der Waals surface area (Å²) >= 11 is 17.2. The summed E-state index contributed by atoms with van der Waals surface area (Å²) in [4.78, 5) is 54.8. The predicted octanol–water partition coefficient (Wildman–Crippen LogP) is 7.43. The Bertz CT molecular complexity index is 1900. The van der Waals surface area contributed by atoms with Crippen molar-refractivity contribution < 1.29 is 27.6 Å². The van der Waals surface area contributed by atoms with Crippen molar-refractivity contribution in [3.63, 3.8) is 0 Å². The number of halogens is 6. The number of thioether (sulfide) groups is 1. The number of nitrogens with zero attached hydrogens (tertiary/aromatic N) is 2. The molecular weight excluding hydrogens is 726 g/mol. The lowest BCUT2D eigenvalue weighted by Crippen LogP contribution is -2.33. The van der Waals surface area contributed by atoms with Crippen molar-refractivity contribution >= 4 is 91.3 Å². The van der Waals surface area contributed by atoms with E-state index in [4.69, 9.17) is 23.2 Å². The number of carbonyl (C=O) groups is 3. The van der Waals surface area contributed by atoms with Crippen LogP contribution >= 0.6 is 62.2 Å². The van der Waals surface area contributed by atoms with Crippen molar-refractivity contribution in [1.29, 1.82) is 0 Å². The normalized spacial score (nSPS) is 19.6. The van der Waals surface area contributed by atoms with Crippen LogP contribution in [0.4, 0.5) is 24.5 Å². The highest BCUT2D eigenvalue weighted by molar-refractivity contribution is 9.10. The first-order chi connectivity index (χ1) is 20.8. The van der Waals surface area contributed by atoms with Crippen LogP contribution in [-0.2, 0) is 27.1 Å². The third-order valence-electron chi connectivity index (χ3n) is 7.22. The number of anilines is 2. The van der Waals surface area contributed by atoms with Gasteiger partial charge in [-0.05, 0) is 54.1 Å². The Hall–Kier alpha value is -3.10. The van der Waals surface area contributed by atoms with Gasteiger partial charge < -0.3 is 5.32 Å². The first-order valence-corrected chi connectivity index (χ1v) is 16.0. The lowest BCUT2D eigenvalue weighted by molar-refractivity contribution is -0.137. The molecule has 3 unspecified atom stereocenters. The van der Waals surface area contributed by atoms with E-state index in [0.29, 0.717) is 26.2 Å². The number of imide groups is 1. The predicted molar refractivity (Wildman–Crippen MR) is 167 cm³/mol. The summed E-state index contributed by atoms with van der Waals surface area (Å²) in [5, 5.41) is 2.47. The number of amides is 3. The maximum atomic E-state index is 13.9. The van der Waals surface area contributed by atoms with Crippen LogP contribution in [0.15, 0.2) is 81.0 Å². The van der Waals surface area contributed by atoms with Crippen molar-refractivity contribution in [3.05, 3.63) is 107 Å². The number of aromatic nitrogens is 1. The Morgan fingerprint density at radius 3 is 2.36 bits per heavy atom. The minimum atomic E-state index is -4.68. The van der Waals surface area contributed by atoms with Gasteiger partial charge in [0.2, 0.25) is 17.7 Å². The molecule has 1 N–H and O–H groups in total. The average Bonchev–Trinajstić information content (AvgIpc) is 3.41. The van der Waals surface area contributed by atoms with Gasteiger partial charge in [0, 0.05) is 21.0 Å². The minimum Gasteiger partial charge on any atom is -0.324 e. The van der Waals surface area contributed by atoms with Gasteiger partial charge in [-0.25, -0.2) is 4.90 Å². The zero-order chi connectivity index (χ0) is 31.5. The highest BCUT2D eigenvalue weighted by Crippen LogP contribution is 2.54. The number of alkyl halides is 3. The number of rotatable bonds is 5. The summed E-state index contributed by atoms with van der Waals surface area (Å²) in [5.74, 6) is -3.70. The highest BCUT2D eigenvalue weighted by atomic mass is 79.9. The van der Waals surface area contributed by atoms with Crippen molar-refractivity contribution in [3.8, 4) is 0 Å². The van der Waals surface area contributed by atoms with Gasteiger partial charge in [-0.2, -0.15) is 13.2 Å². The summed E-state index contributed by atoms with van der Waals surface area (Å²) in [7, 11) is 0. The van der Waals surface area contributed by atoms with E-state index in [1.54, 1.807) is 30.3 Å². The Morgan fingerprint density at radius 2 is 1.68 bits per heavy atom. The first-order valence-electron chi connectivity index (χ1n) is 12.8. The Kier molecular flexibility index (Phi) is 8.20. The van der Waals surface area contributed by atoms with Gasteiger partial charge in [0.05, 0.1) is 32.2 Å². The maximum Gasteiger partial charge on any atom is 0.416 e. The van der Waals surface area contributed by atoms with E-state index in [9.17, 15) is 32.3 Å². The molecule has 226 valence electrons. The highest BCUT2D eigenvalue weighted by Gasteiger charge is 2.57. The number of fused-ring (bicyclic) bond motifs is 2. The second kappa shape index (κ2) is 11.7. The van der Waals surface area contributed by atoms with E-state index in [2.05, 4.69) is 21.2 Å². The van der Waals surface area contributed by atoms with E-state index in [-0.39, 0.29) is 10.7 Å². The number of thiazole rings is 1. The third kappa shape index (κ3) is 5.60. The Labute approximate surface area is 274 Å². The monoisotopic (exact) mass is 741 g/mol. The molecule has 7 nitrogen and oxygen atoms in total. The molecule has 4 aromatic rings. The number of hydrogen-bond acceptors (Lipinski definition) is 6. The molecule has 1 fully saturated rings. The van der Waals surface area contributed by atoms with Crippen molar-refractivity contribution in [2.75, 3.05) is 10.2 Å². The SMILES string of the molecule is O=C(Cn1c2c(sc1=O)C(c1ccc(Br)cc1)C1C(=O)N(c3cccc(C(F)(F)F)c3)C(=O)C1S2)Nc1ccc(Cl)c(Cl)c1. The van der Waals surface area contributed by atoms with Crippen molar-refractivity contribution in [2.45, 2.75) is 28.9 Å². The number of carbonyl (C=O) groups excluding carboxylic acids is 3. The summed E-state index contributed by atoms with van der Waals surface area (Å²) in [6.07, 6.45) is -4.68. The van der Waals surface area contributed by atoms with E-state index in [0.717, 1.165) is 50.7 Å². The fraction of sp³-hybridized carbons (Fsp3) is 0.172. The van der Waals surface area contributed by atoms with Crippen molar-refractivity contribution in [1.82, 2.24) is 4.57 Å². The Morgan fingerprint density at radius 1 is 0.955 bits per heavy atom. The molecule has 0 spiro atoms. The van der Waals surface area contributed by atoms with E-state index >= 15 is 0 Å². The molecule has 6 rings (SSSR count). The average molecular weight is 743 g/mol. The molecule has 2 aliphatic heterocycles. The molecular formula is C29H17BrCl2F3N3O4S2. The summed E-state index contributed by atoms with van der Waals surface area (Å²) in [5.41, 5.74) is -0.203. The van der Waals surface area contributed by atoms with Crippen LogP contribution in [0.5, 0.6) is 0 Å². The Balaban J connectivity index is 1.40. The van der Waals surface area contributed by atoms with Gasteiger partial charge in [-0.3, -0.25) is 23.7 Å². The number of hydrogen-bond donors (Lipinski definition) is 1. The number of benzene rings is 3. The zero-order valence-corrected chi connectivity index (χ0v) is 26.6. The lowest BCUT2D eigenvalue weighted by Gasteiger charge is -2.30. The fourth-order valence-electron chi connectivity index (χ4n) is 5.28. The van der Waals surface area contributed by atoms with Gasteiger partial charge >= 0.3 is 11.0 Å². The van der Waals surface area contributed by atoms with Crippen LogP contribution in [-0.4, -0.2) is 27.5 Å². The van der Waals surface area contributed by atoms with Gasteiger partial charge in [-0.15, -0.1) is 0 Å². The molecule has 3 aromatic carbocycles. The van der Waals surface area contributed by atoms with Crippen LogP contribution in [0.25, 0.3) is 0 Å². The zero-order valence-electron chi connectivity index (χ0n) is 21.9. The molecule has 2 aliphatic rings. The number of nitrogens with one attached hydrogen (secondary N) is 1. The van der Waals surface area contributed by atoms with E-state index < -0.39 is 58.0 Å². The van der Waals surface area contributed by atoms with Crippen LogP contribution in [0, 0.1) is 5.92 Å². The minimum absolute atomic E-state index is 0.193. The van der Waals surface area contributed by atoms with Gasteiger partial charge in [0.15, 0.2) is 0 Å². The molecule has 0 saturated carbocycles. The van der Waals surface area contributed by atoms with Gasteiger partial charge in [0.25, 0.3) is 0 Å². The van der Waals surface area contributed by atoms with Gasteiger partial charge in [0.1, 0.15) is 11.8 Å². The lowest BCUT2D eigenvalue weighted by atomic mass is 9.83. The molecule has 44 heavy (non-hydrogen) atoms. The summed E-state index contributed by atoms with van der Waals surface area (Å²) in [6.45, 7) is -0.401. The quantitative estimate of drug-likeness (QED) is 0.215. The fourth-order valence-corrected chi connectivity index (χ4v) is 8.61. The molecule has 0 aliphatic carbocycles. The summed E-state index contributed by atoms with van der Waals surface area (Å²) < 4.78 is 42.5. The van der Waals surface area contributed by atoms with Crippen LogP contribution in [0.2, 0.25) is 10.0 Å². The molecule has 3 heterocycles. The first kappa shape index (κ1) is 30.9. The smallest absolute Gasteiger partial charge is 0.324 e. The largest absolute Gasteiger partial charge is 0.416 e. The second-order valence-corrected chi connectivity index (χ2v) is 13.8. The van der Waals surface area contributed by atoms with Crippen molar-refractivity contribution in [2.24, 2.45) is 5.92 Å². The molecule has 0 radical (unpaired) electrons. The van der Waals surface area contributed by atoms with E-state index in [1.807, 2.05) is 0 Å². The molecule has 0 bridgehead atoms. The van der Waals surface area contributed by atoms with Crippen LogP contribution < -0.4 is 15.1 Å². The maximum absolute atomic E-state index is 13.9. The molecule has 3 amide bonds. The van der Waals surface area contributed by atoms with Crippen LogP contribution in [0.1, 0.15) is 21.9 Å². The second-order valence-electron chi connectivity index (χ2n) is 9.95. The third-order valence-corrected chi connectivity index (χ3v) is 11.1. The molecule has 15 heteroatoms. The molecule has 1 aromatic heterocycles. The molecule has 3 atom stereocenters. The van der Waals surface area contributed by atoms with Crippen LogP contribution in [0.3, 0.4) is 0 Å². The van der Waals surface area contributed by atoms with Gasteiger partial charge in [-0.1, -0.05) is 80.4 Å².